The molecule has 1 aromatic rings. The van der Waals surface area contributed by atoms with Crippen LogP contribution in [0.5, 0.6) is 0 Å². The number of primary amides is 1. The number of aliphatic carboxylic acids is 1. The van der Waals surface area contributed by atoms with E-state index in [2.05, 4.69) is 5.32 Å². The van der Waals surface area contributed by atoms with E-state index >= 15 is 0 Å². The molecule has 0 bridgehead atoms. The van der Waals surface area contributed by atoms with Gasteiger partial charge in [0, 0.05) is 18.5 Å². The van der Waals surface area contributed by atoms with Crippen LogP contribution in [-0.2, 0) is 9.59 Å². The van der Waals surface area contributed by atoms with Gasteiger partial charge < -0.3 is 16.2 Å². The molecule has 0 radical (unpaired) electrons. The molecule has 0 saturated heterocycles. The van der Waals surface area contributed by atoms with Gasteiger partial charge in [-0.2, -0.15) is 0 Å². The van der Waals surface area contributed by atoms with E-state index in [4.69, 9.17) is 10.8 Å². The van der Waals surface area contributed by atoms with Crippen molar-refractivity contribution in [3.8, 4) is 0 Å². The Bertz CT molecular complexity index is 522. The summed E-state index contributed by atoms with van der Waals surface area (Å²) in [5.41, 5.74) is 5.56. The zero-order chi connectivity index (χ0) is 14.4. The predicted molar refractivity (Wildman–Crippen MR) is 71.7 cm³/mol. The Morgan fingerprint density at radius 1 is 1.53 bits per heavy atom. The Morgan fingerprint density at radius 2 is 2.21 bits per heavy atom. The van der Waals surface area contributed by atoms with E-state index in [9.17, 15) is 14.4 Å². The summed E-state index contributed by atoms with van der Waals surface area (Å²) in [6.07, 6.45) is 2.37. The Labute approximate surface area is 113 Å². The van der Waals surface area contributed by atoms with E-state index in [1.54, 1.807) is 18.4 Å². The maximum atomic E-state index is 11.9. The van der Waals surface area contributed by atoms with Gasteiger partial charge in [0.25, 0.3) is 5.91 Å². The van der Waals surface area contributed by atoms with Gasteiger partial charge in [0.1, 0.15) is 0 Å². The minimum absolute atomic E-state index is 0.0530. The molecule has 0 aliphatic heterocycles. The third kappa shape index (κ3) is 4.92. The van der Waals surface area contributed by atoms with E-state index in [1.807, 2.05) is 0 Å². The zero-order valence-electron chi connectivity index (χ0n) is 10.3. The van der Waals surface area contributed by atoms with Crippen LogP contribution >= 0.6 is 11.3 Å². The number of hydrogen-bond donors (Lipinski definition) is 3. The molecular weight excluding hydrogens is 268 g/mol. The highest BCUT2D eigenvalue weighted by molar-refractivity contribution is 7.12. The molecule has 0 aliphatic rings. The van der Waals surface area contributed by atoms with Crippen molar-refractivity contribution in [3.05, 3.63) is 28.0 Å². The number of carbonyl (C=O) groups is 3. The van der Waals surface area contributed by atoms with E-state index in [0.29, 0.717) is 10.4 Å². The third-order valence-corrected chi connectivity index (χ3v) is 3.12. The summed E-state index contributed by atoms with van der Waals surface area (Å²) in [6.45, 7) is 1.67. The second-order valence-corrected chi connectivity index (χ2v) is 4.84. The van der Waals surface area contributed by atoms with Crippen LogP contribution in [0.3, 0.4) is 0 Å². The standard InChI is InChI=1S/C12H14N2O4S/c1-7(6-9(13)15)14-12(18)11-8(4-5-19-11)2-3-10(16)17/h2-5,7H,6H2,1H3,(H2,13,15)(H,14,18)(H,16,17)/b3-2+. The van der Waals surface area contributed by atoms with E-state index in [0.717, 1.165) is 6.08 Å². The van der Waals surface area contributed by atoms with Crippen molar-refractivity contribution in [2.24, 2.45) is 5.73 Å². The highest BCUT2D eigenvalue weighted by Crippen LogP contribution is 2.18. The van der Waals surface area contributed by atoms with Crippen molar-refractivity contribution in [2.45, 2.75) is 19.4 Å². The van der Waals surface area contributed by atoms with Gasteiger partial charge in [-0.25, -0.2) is 4.79 Å². The number of thiophene rings is 1. The molecule has 2 amide bonds. The largest absolute Gasteiger partial charge is 0.478 e. The van der Waals surface area contributed by atoms with Crippen molar-refractivity contribution >= 4 is 35.2 Å². The van der Waals surface area contributed by atoms with Crippen LogP contribution in [0.4, 0.5) is 0 Å². The zero-order valence-corrected chi connectivity index (χ0v) is 11.1. The maximum Gasteiger partial charge on any atom is 0.328 e. The predicted octanol–water partition coefficient (Wildman–Crippen LogP) is 0.840. The second kappa shape index (κ2) is 6.69. The summed E-state index contributed by atoms with van der Waals surface area (Å²) in [5.74, 6) is -1.93. The van der Waals surface area contributed by atoms with E-state index in [1.165, 1.54) is 17.4 Å². The molecule has 102 valence electrons. The van der Waals surface area contributed by atoms with Crippen molar-refractivity contribution in [1.29, 1.82) is 0 Å². The molecule has 0 aromatic carbocycles. The summed E-state index contributed by atoms with van der Waals surface area (Å²) >= 11 is 1.20. The molecule has 4 N–H and O–H groups in total. The molecule has 1 rings (SSSR count). The van der Waals surface area contributed by atoms with Crippen LogP contribution in [0.25, 0.3) is 6.08 Å². The number of carboxylic acid groups (broad SMARTS) is 1. The average molecular weight is 282 g/mol. The third-order valence-electron chi connectivity index (χ3n) is 2.19. The van der Waals surface area contributed by atoms with Gasteiger partial charge in [-0.1, -0.05) is 0 Å². The maximum absolute atomic E-state index is 11.9. The molecule has 0 spiro atoms. The lowest BCUT2D eigenvalue weighted by Gasteiger charge is -2.11. The molecule has 1 atom stereocenters. The van der Waals surface area contributed by atoms with Crippen molar-refractivity contribution in [1.82, 2.24) is 5.32 Å². The van der Waals surface area contributed by atoms with Gasteiger partial charge in [0.2, 0.25) is 5.91 Å². The molecule has 1 heterocycles. The number of amides is 2. The number of carboxylic acids is 1. The minimum atomic E-state index is -1.08. The number of nitrogens with one attached hydrogen (secondary N) is 1. The molecule has 0 saturated carbocycles. The summed E-state index contributed by atoms with van der Waals surface area (Å²) < 4.78 is 0. The summed E-state index contributed by atoms with van der Waals surface area (Å²) in [6, 6.07) is 1.28. The van der Waals surface area contributed by atoms with Gasteiger partial charge in [-0.15, -0.1) is 11.3 Å². The molecule has 1 aromatic heterocycles. The van der Waals surface area contributed by atoms with Crippen LogP contribution in [0.2, 0.25) is 0 Å². The van der Waals surface area contributed by atoms with Crippen LogP contribution in [0, 0.1) is 0 Å². The summed E-state index contributed by atoms with van der Waals surface area (Å²) in [7, 11) is 0. The van der Waals surface area contributed by atoms with Crippen LogP contribution in [0.1, 0.15) is 28.6 Å². The highest BCUT2D eigenvalue weighted by Gasteiger charge is 2.15. The normalized spacial score (nSPS) is 12.3. The highest BCUT2D eigenvalue weighted by atomic mass is 32.1. The van der Waals surface area contributed by atoms with Gasteiger partial charge in [-0.3, -0.25) is 9.59 Å². The minimum Gasteiger partial charge on any atom is -0.478 e. The lowest BCUT2D eigenvalue weighted by molar-refractivity contribution is -0.131. The first-order valence-corrected chi connectivity index (χ1v) is 6.35. The first kappa shape index (κ1) is 14.9. The Hall–Kier alpha value is -2.15. The van der Waals surface area contributed by atoms with Gasteiger partial charge >= 0.3 is 5.97 Å². The molecule has 6 nitrogen and oxygen atoms in total. The first-order chi connectivity index (χ1) is 8.90. The SMILES string of the molecule is CC(CC(N)=O)NC(=O)c1sccc1/C=C/C(=O)O. The lowest BCUT2D eigenvalue weighted by atomic mass is 10.2. The number of nitrogens with two attached hydrogens (primary N) is 1. The lowest BCUT2D eigenvalue weighted by Crippen LogP contribution is -2.35. The second-order valence-electron chi connectivity index (χ2n) is 3.92. The molecule has 0 fully saturated rings. The quantitative estimate of drug-likeness (QED) is 0.671. The number of rotatable bonds is 6. The fourth-order valence-electron chi connectivity index (χ4n) is 1.44. The molecule has 7 heteroatoms. The van der Waals surface area contributed by atoms with Gasteiger partial charge in [0.15, 0.2) is 0 Å². The number of hydrogen-bond acceptors (Lipinski definition) is 4. The molecule has 0 aliphatic carbocycles. The van der Waals surface area contributed by atoms with Crippen LogP contribution < -0.4 is 11.1 Å². The first-order valence-electron chi connectivity index (χ1n) is 5.47. The number of carbonyl (C=O) groups excluding carboxylic acids is 2. The van der Waals surface area contributed by atoms with E-state index in [-0.39, 0.29) is 18.4 Å². The molecule has 19 heavy (non-hydrogen) atoms. The van der Waals surface area contributed by atoms with Crippen molar-refractivity contribution in [3.63, 3.8) is 0 Å². The molecular formula is C12H14N2O4S. The smallest absolute Gasteiger partial charge is 0.328 e. The summed E-state index contributed by atoms with van der Waals surface area (Å²) in [4.78, 5) is 33.5. The Morgan fingerprint density at radius 3 is 2.79 bits per heavy atom. The Kier molecular flexibility index (Phi) is 5.25. The topological polar surface area (TPSA) is 109 Å². The summed E-state index contributed by atoms with van der Waals surface area (Å²) in [5, 5.41) is 12.9. The van der Waals surface area contributed by atoms with E-state index < -0.39 is 11.9 Å². The van der Waals surface area contributed by atoms with Gasteiger partial charge in [-0.05, 0) is 30.0 Å². The van der Waals surface area contributed by atoms with Crippen molar-refractivity contribution in [2.75, 3.05) is 0 Å². The molecule has 1 unspecified atom stereocenters. The van der Waals surface area contributed by atoms with Crippen molar-refractivity contribution < 1.29 is 19.5 Å². The fourth-order valence-corrected chi connectivity index (χ4v) is 2.23. The monoisotopic (exact) mass is 282 g/mol. The average Bonchev–Trinajstić information content (AvgIpc) is 2.72. The van der Waals surface area contributed by atoms with Gasteiger partial charge in [0.05, 0.1) is 4.88 Å². The van der Waals surface area contributed by atoms with Crippen LogP contribution in [-0.4, -0.2) is 28.9 Å². The van der Waals surface area contributed by atoms with Crippen LogP contribution in [0.15, 0.2) is 17.5 Å². The fraction of sp³-hybridized carbons (Fsp3) is 0.250. The Balaban J connectivity index is 2.75.